The van der Waals surface area contributed by atoms with Crippen molar-refractivity contribution < 1.29 is 14.4 Å². The van der Waals surface area contributed by atoms with Crippen LogP contribution in [0.2, 0.25) is 0 Å². The maximum Gasteiger partial charge on any atom is 0.318 e. The average molecular weight is 689 g/mol. The molecular weight excluding hydrogens is 640 g/mol. The van der Waals surface area contributed by atoms with Crippen molar-refractivity contribution in [3.05, 3.63) is 70.4 Å². The third-order valence-corrected chi connectivity index (χ3v) is 12.0. The first-order valence-corrected chi connectivity index (χ1v) is 18.8. The van der Waals surface area contributed by atoms with Crippen LogP contribution in [-0.2, 0) is 22.4 Å². The molecular formula is C40H48N8O3. The molecule has 3 amide bonds. The topological polar surface area (TPSA) is 126 Å². The molecule has 5 heterocycles. The number of ketones is 1. The van der Waals surface area contributed by atoms with Gasteiger partial charge in [-0.25, -0.2) is 4.79 Å². The van der Waals surface area contributed by atoms with Crippen molar-refractivity contribution >= 4 is 46.6 Å². The summed E-state index contributed by atoms with van der Waals surface area (Å²) in [5.41, 5.74) is 7.37. The number of hydrogen-bond acceptors (Lipinski definition) is 7. The third kappa shape index (κ3) is 7.13. The Morgan fingerprint density at radius 2 is 1.69 bits per heavy atom. The molecule has 3 fully saturated rings. The van der Waals surface area contributed by atoms with Gasteiger partial charge < -0.3 is 20.0 Å². The van der Waals surface area contributed by atoms with Crippen molar-refractivity contribution in [3.63, 3.8) is 0 Å². The minimum absolute atomic E-state index is 0.0174. The van der Waals surface area contributed by atoms with Gasteiger partial charge in [-0.05, 0) is 104 Å². The number of benzene rings is 2. The zero-order valence-electron chi connectivity index (χ0n) is 29.5. The first kappa shape index (κ1) is 33.5. The number of Topliss-reactive ketones (excluding diaryl/α,β-unsaturated/α-hetero) is 1. The normalized spacial score (nSPS) is 21.5. The molecule has 0 bridgehead atoms. The summed E-state index contributed by atoms with van der Waals surface area (Å²) < 4.78 is 0. The van der Waals surface area contributed by atoms with Crippen molar-refractivity contribution in [2.45, 2.75) is 76.8 Å². The number of likely N-dealkylation sites (tertiary alicyclic amines) is 3. The Hall–Kier alpha value is -4.64. The van der Waals surface area contributed by atoms with Crippen LogP contribution in [0, 0.1) is 18.8 Å². The van der Waals surface area contributed by atoms with E-state index in [0.717, 1.165) is 96.8 Å². The maximum atomic E-state index is 14.3. The molecule has 3 saturated heterocycles. The Morgan fingerprint density at radius 3 is 2.45 bits per heavy atom. The fourth-order valence-electron chi connectivity index (χ4n) is 9.01. The Kier molecular flexibility index (Phi) is 9.55. The average Bonchev–Trinajstić information content (AvgIpc) is 3.88. The lowest BCUT2D eigenvalue weighted by atomic mass is 9.80. The number of aromatic nitrogens is 2. The summed E-state index contributed by atoms with van der Waals surface area (Å²) in [6.45, 7) is 6.63. The lowest BCUT2D eigenvalue weighted by Crippen LogP contribution is -2.56. The third-order valence-electron chi connectivity index (χ3n) is 12.0. The highest BCUT2D eigenvalue weighted by Gasteiger charge is 2.36. The van der Waals surface area contributed by atoms with E-state index in [1.807, 2.05) is 41.1 Å². The highest BCUT2D eigenvalue weighted by atomic mass is 16.2. The number of hydrogen-bond donors (Lipinski definition) is 2. The Labute approximate surface area is 299 Å². The molecule has 0 saturated carbocycles. The minimum Gasteiger partial charge on any atom is -0.341 e. The number of urea groups is 1. The highest BCUT2D eigenvalue weighted by molar-refractivity contribution is 6.04. The molecule has 2 aromatic carbocycles. The molecule has 8 rings (SSSR count). The van der Waals surface area contributed by atoms with E-state index in [-0.39, 0.29) is 23.6 Å². The number of aromatic amines is 1. The van der Waals surface area contributed by atoms with E-state index >= 15 is 0 Å². The predicted molar refractivity (Wildman–Crippen MR) is 199 cm³/mol. The van der Waals surface area contributed by atoms with Crippen molar-refractivity contribution in [2.75, 3.05) is 39.3 Å². The van der Waals surface area contributed by atoms with Gasteiger partial charge in [0.05, 0.1) is 11.7 Å². The van der Waals surface area contributed by atoms with Crippen LogP contribution in [0.3, 0.4) is 0 Å². The molecule has 11 nitrogen and oxygen atoms in total. The van der Waals surface area contributed by atoms with Crippen LogP contribution in [0.5, 0.6) is 0 Å². The molecule has 0 radical (unpaired) electrons. The monoisotopic (exact) mass is 688 g/mol. The van der Waals surface area contributed by atoms with E-state index in [1.165, 1.54) is 5.71 Å². The number of allylic oxidation sites excluding steroid dienone is 1. The summed E-state index contributed by atoms with van der Waals surface area (Å²) in [4.78, 5) is 47.6. The SMILES string of the molecule is Cc1cc(C[C@@H](NC(=O)N2CCC(C3=Cc4ccccc4CC3=O)CC2)C(=O)N2CCC(N3CCC(C4=NN=CC4)CC3)CC2)cc2cn[nH]c12. The molecule has 3 aromatic rings. The number of nitrogens with one attached hydrogen (secondary N) is 2. The number of nitrogens with zero attached hydrogens (tertiary/aromatic N) is 6. The fraction of sp³-hybridized carbons (Fsp3) is 0.500. The number of carbonyl (C=O) groups is 3. The van der Waals surface area contributed by atoms with Crippen LogP contribution in [-0.4, -0.2) is 106 Å². The summed E-state index contributed by atoms with van der Waals surface area (Å²) in [6.07, 6.45) is 13.1. The van der Waals surface area contributed by atoms with Crippen LogP contribution in [0.1, 0.15) is 67.2 Å². The number of fused-ring (bicyclic) bond motifs is 2. The molecule has 1 aromatic heterocycles. The Balaban J connectivity index is 0.910. The molecule has 0 spiro atoms. The molecule has 11 heteroatoms. The number of H-pyrrole nitrogens is 1. The van der Waals surface area contributed by atoms with Gasteiger partial charge in [0.2, 0.25) is 5.91 Å². The van der Waals surface area contributed by atoms with Gasteiger partial charge in [0.25, 0.3) is 0 Å². The van der Waals surface area contributed by atoms with Crippen LogP contribution in [0.25, 0.3) is 17.0 Å². The molecule has 51 heavy (non-hydrogen) atoms. The molecule has 2 N–H and O–H groups in total. The van der Waals surface area contributed by atoms with Crippen molar-refractivity contribution in [1.29, 1.82) is 0 Å². The van der Waals surface area contributed by atoms with Gasteiger partial charge in [-0.2, -0.15) is 15.3 Å². The summed E-state index contributed by atoms with van der Waals surface area (Å²) in [5.74, 6) is 0.843. The van der Waals surface area contributed by atoms with Gasteiger partial charge in [-0.1, -0.05) is 30.3 Å². The van der Waals surface area contributed by atoms with Gasteiger partial charge in [-0.15, -0.1) is 0 Å². The largest absolute Gasteiger partial charge is 0.341 e. The number of aryl methyl sites for hydroxylation is 1. The molecule has 266 valence electrons. The summed E-state index contributed by atoms with van der Waals surface area (Å²) in [5, 5.41) is 19.9. The number of rotatable bonds is 7. The standard InChI is InChI=1S/C40H48N8O3/c1-26-20-27(21-32-25-42-45-38(26)32)22-36(39(50)47-18-11-33(12-19-47)46-14-9-29(10-15-46)35-6-13-41-44-35)43-40(51)48-16-7-28(8-17-48)34-23-30-4-2-3-5-31(30)24-37(34)49/h2-5,13,20-21,23,25,28-29,33,36H,6-12,14-19,22,24H2,1H3,(H,42,45)(H,43,51)/t36-/m1/s1. The molecule has 5 aliphatic rings. The second-order valence-corrected chi connectivity index (χ2v) is 15.1. The van der Waals surface area contributed by atoms with E-state index in [4.69, 9.17) is 0 Å². The first-order chi connectivity index (χ1) is 24.9. The van der Waals surface area contributed by atoms with Gasteiger partial charge in [0.15, 0.2) is 5.78 Å². The molecule has 1 aliphatic carbocycles. The second kappa shape index (κ2) is 14.5. The van der Waals surface area contributed by atoms with E-state index in [9.17, 15) is 14.4 Å². The minimum atomic E-state index is -0.681. The van der Waals surface area contributed by atoms with Crippen LogP contribution < -0.4 is 5.32 Å². The van der Waals surface area contributed by atoms with Crippen LogP contribution in [0.15, 0.2) is 58.4 Å². The van der Waals surface area contributed by atoms with E-state index in [1.54, 1.807) is 6.20 Å². The fourth-order valence-corrected chi connectivity index (χ4v) is 9.01. The smallest absolute Gasteiger partial charge is 0.318 e. The van der Waals surface area contributed by atoms with Gasteiger partial charge >= 0.3 is 6.03 Å². The Bertz CT molecular complexity index is 1890. The Morgan fingerprint density at radius 1 is 0.941 bits per heavy atom. The highest BCUT2D eigenvalue weighted by Crippen LogP contribution is 2.32. The van der Waals surface area contributed by atoms with Gasteiger partial charge in [0, 0.05) is 74.7 Å². The summed E-state index contributed by atoms with van der Waals surface area (Å²) in [7, 11) is 0. The quantitative estimate of drug-likeness (QED) is 0.364. The first-order valence-electron chi connectivity index (χ1n) is 18.8. The summed E-state index contributed by atoms with van der Waals surface area (Å²) in [6, 6.07) is 11.8. The van der Waals surface area contributed by atoms with Gasteiger partial charge in [0.1, 0.15) is 6.04 Å². The molecule has 4 aliphatic heterocycles. The number of piperidine rings is 3. The van der Waals surface area contributed by atoms with Crippen molar-refractivity contribution in [2.24, 2.45) is 22.0 Å². The number of carbonyl (C=O) groups excluding carboxylic acids is 3. The van der Waals surface area contributed by atoms with E-state index < -0.39 is 6.04 Å². The van der Waals surface area contributed by atoms with E-state index in [2.05, 4.69) is 54.9 Å². The van der Waals surface area contributed by atoms with Crippen LogP contribution in [0.4, 0.5) is 4.79 Å². The summed E-state index contributed by atoms with van der Waals surface area (Å²) >= 11 is 0. The van der Waals surface area contributed by atoms with Crippen molar-refractivity contribution in [3.8, 4) is 0 Å². The zero-order valence-corrected chi connectivity index (χ0v) is 29.5. The predicted octanol–water partition coefficient (Wildman–Crippen LogP) is 4.95. The van der Waals surface area contributed by atoms with E-state index in [0.29, 0.717) is 51.0 Å². The molecule has 0 unspecified atom stereocenters. The molecule has 1 atom stereocenters. The zero-order chi connectivity index (χ0) is 34.9. The van der Waals surface area contributed by atoms with Crippen molar-refractivity contribution in [1.82, 2.24) is 30.2 Å². The van der Waals surface area contributed by atoms with Crippen LogP contribution >= 0.6 is 0 Å². The number of amides is 3. The lowest BCUT2D eigenvalue weighted by Gasteiger charge is -2.42. The maximum absolute atomic E-state index is 14.3. The second-order valence-electron chi connectivity index (χ2n) is 15.1. The lowest BCUT2D eigenvalue weighted by molar-refractivity contribution is -0.135. The van der Waals surface area contributed by atoms with Gasteiger partial charge in [-0.3, -0.25) is 14.7 Å².